The van der Waals surface area contributed by atoms with Crippen LogP contribution in [-0.4, -0.2) is 18.1 Å². The van der Waals surface area contributed by atoms with E-state index in [1.807, 2.05) is 37.4 Å². The topological polar surface area (TPSA) is 61.6 Å². The van der Waals surface area contributed by atoms with Gasteiger partial charge in [-0.3, -0.25) is 0 Å². The molecule has 1 atom stereocenters. The molecular formula is C27H34N4O. The van der Waals surface area contributed by atoms with Gasteiger partial charge >= 0.3 is 0 Å². The largest absolute Gasteiger partial charge is 0.493 e. The van der Waals surface area contributed by atoms with Gasteiger partial charge in [-0.25, -0.2) is 10.5 Å². The number of nitrogens with one attached hydrogen (secondary N) is 1. The summed E-state index contributed by atoms with van der Waals surface area (Å²) in [5.41, 5.74) is 11.1. The summed E-state index contributed by atoms with van der Waals surface area (Å²) in [5, 5.41) is 3.50. The predicted octanol–water partition coefficient (Wildman–Crippen LogP) is 7.15. The molecule has 1 aromatic carbocycles. The van der Waals surface area contributed by atoms with Gasteiger partial charge < -0.3 is 9.64 Å². The summed E-state index contributed by atoms with van der Waals surface area (Å²) in [6, 6.07) is 14.3. The molecule has 2 heterocycles. The minimum absolute atomic E-state index is 0.165. The zero-order valence-corrected chi connectivity index (χ0v) is 19.1. The van der Waals surface area contributed by atoms with Crippen LogP contribution >= 0.6 is 0 Å². The smallest absolute Gasteiger partial charge is 0.132 e. The molecular weight excluding hydrogens is 396 g/mol. The van der Waals surface area contributed by atoms with Crippen LogP contribution in [0.4, 0.5) is 5.82 Å². The van der Waals surface area contributed by atoms with Crippen LogP contribution in [0.1, 0.15) is 50.2 Å². The fraction of sp³-hybridized carbons (Fsp3) is 0.370. The summed E-state index contributed by atoms with van der Waals surface area (Å²) in [7, 11) is 0. The van der Waals surface area contributed by atoms with Gasteiger partial charge in [-0.05, 0) is 61.4 Å². The first kappa shape index (κ1) is 23.5. The Hall–Kier alpha value is -3.21. The monoisotopic (exact) mass is 430 g/mol. The van der Waals surface area contributed by atoms with Crippen molar-refractivity contribution in [3.8, 4) is 0 Å². The number of unbranched alkanes of at least 4 members (excludes halogenated alkanes) is 1. The molecule has 5 heteroatoms. The lowest BCUT2D eigenvalue weighted by atomic mass is 9.72. The standard InChI is InChI=1S/C27H34N4O/c1-21(2)25-12-13-26(29-19-25)31-17-15-27(18-22(31)3,14-8-9-16-30-28)23(4)32-20-24-10-6-5-7-11-24/h5-7,10-13,19,28H,1,3-4,8-9,14-18,20H2,2H3. The molecule has 0 spiro atoms. The zero-order valence-electron chi connectivity index (χ0n) is 19.1. The van der Waals surface area contributed by atoms with E-state index in [0.717, 1.165) is 72.6 Å². The lowest BCUT2D eigenvalue weighted by Gasteiger charge is -2.44. The third-order valence-corrected chi connectivity index (χ3v) is 6.28. The number of nitrogens with zero attached hydrogens (tertiary/aromatic N) is 3. The van der Waals surface area contributed by atoms with Gasteiger partial charge in [-0.15, -0.1) is 0 Å². The molecule has 32 heavy (non-hydrogen) atoms. The van der Waals surface area contributed by atoms with Crippen molar-refractivity contribution < 1.29 is 4.74 Å². The lowest BCUT2D eigenvalue weighted by Crippen LogP contribution is -2.40. The second kappa shape index (κ2) is 10.9. The Morgan fingerprint density at radius 1 is 1.19 bits per heavy atom. The van der Waals surface area contributed by atoms with Gasteiger partial charge in [0.25, 0.3) is 0 Å². The molecule has 1 unspecified atom stereocenters. The van der Waals surface area contributed by atoms with Gasteiger partial charge in [0.1, 0.15) is 12.4 Å². The summed E-state index contributed by atoms with van der Waals surface area (Å²) < 4.78 is 6.22. The average molecular weight is 431 g/mol. The van der Waals surface area contributed by atoms with Gasteiger partial charge in [0, 0.05) is 23.9 Å². The highest BCUT2D eigenvalue weighted by molar-refractivity contribution is 5.62. The van der Waals surface area contributed by atoms with E-state index in [2.05, 4.69) is 52.9 Å². The third-order valence-electron chi connectivity index (χ3n) is 6.28. The minimum Gasteiger partial charge on any atom is -0.493 e. The van der Waals surface area contributed by atoms with Gasteiger partial charge in [0.2, 0.25) is 0 Å². The van der Waals surface area contributed by atoms with Crippen molar-refractivity contribution in [2.24, 2.45) is 10.5 Å². The molecule has 168 valence electrons. The first-order valence-corrected chi connectivity index (χ1v) is 11.2. The summed E-state index contributed by atoms with van der Waals surface area (Å²) >= 11 is 0. The van der Waals surface area contributed by atoms with Gasteiger partial charge in [-0.1, -0.05) is 56.5 Å². The van der Waals surface area contributed by atoms with E-state index in [1.54, 1.807) is 0 Å². The number of piperidine rings is 1. The molecule has 0 aliphatic carbocycles. The number of ether oxygens (including phenoxy) is 1. The van der Waals surface area contributed by atoms with Crippen molar-refractivity contribution in [1.29, 1.82) is 5.53 Å². The summed E-state index contributed by atoms with van der Waals surface area (Å²) in [4.78, 5) is 6.84. The van der Waals surface area contributed by atoms with Crippen molar-refractivity contribution in [3.63, 3.8) is 0 Å². The van der Waals surface area contributed by atoms with Crippen LogP contribution in [0.15, 0.2) is 85.0 Å². The molecule has 1 aromatic heterocycles. The second-order valence-corrected chi connectivity index (χ2v) is 8.65. The molecule has 1 fully saturated rings. The number of allylic oxidation sites excluding steroid dienone is 3. The summed E-state index contributed by atoms with van der Waals surface area (Å²) in [6.07, 6.45) is 6.40. The highest BCUT2D eigenvalue weighted by Crippen LogP contribution is 2.47. The highest BCUT2D eigenvalue weighted by Gasteiger charge is 2.40. The number of rotatable bonds is 11. The Morgan fingerprint density at radius 2 is 1.97 bits per heavy atom. The predicted molar refractivity (Wildman–Crippen MR) is 131 cm³/mol. The fourth-order valence-corrected chi connectivity index (χ4v) is 4.28. The summed E-state index contributed by atoms with van der Waals surface area (Å²) in [5.74, 6) is 1.74. The number of aromatic nitrogens is 1. The Morgan fingerprint density at radius 3 is 2.59 bits per heavy atom. The SMILES string of the molecule is C=C(C)c1ccc(N2CCC(CCCCN=N)(C(=C)OCc3ccccc3)CC2=C)nc1. The number of anilines is 1. The first-order chi connectivity index (χ1) is 15.4. The van der Waals surface area contributed by atoms with Gasteiger partial charge in [0.15, 0.2) is 0 Å². The quantitative estimate of drug-likeness (QED) is 0.234. The normalized spacial score (nSPS) is 18.3. The number of hydrogen-bond acceptors (Lipinski definition) is 5. The van der Waals surface area contributed by atoms with E-state index >= 15 is 0 Å². The Kier molecular flexibility index (Phi) is 7.98. The van der Waals surface area contributed by atoms with Crippen LogP contribution in [0.25, 0.3) is 5.57 Å². The maximum Gasteiger partial charge on any atom is 0.132 e. The molecule has 5 nitrogen and oxygen atoms in total. The molecule has 0 radical (unpaired) electrons. The fourth-order valence-electron chi connectivity index (χ4n) is 4.28. The zero-order chi connectivity index (χ0) is 23.0. The van der Waals surface area contributed by atoms with Crippen LogP contribution in [0.2, 0.25) is 0 Å². The highest BCUT2D eigenvalue weighted by atomic mass is 16.5. The van der Waals surface area contributed by atoms with E-state index in [0.29, 0.717) is 13.2 Å². The average Bonchev–Trinajstić information content (AvgIpc) is 2.81. The Labute approximate surface area is 192 Å². The molecule has 1 N–H and O–H groups in total. The van der Waals surface area contributed by atoms with E-state index in [9.17, 15) is 0 Å². The van der Waals surface area contributed by atoms with Gasteiger partial charge in [-0.2, -0.15) is 5.11 Å². The van der Waals surface area contributed by atoms with Crippen molar-refractivity contribution in [2.75, 3.05) is 18.0 Å². The van der Waals surface area contributed by atoms with E-state index in [4.69, 9.17) is 10.3 Å². The van der Waals surface area contributed by atoms with E-state index in [-0.39, 0.29) is 5.41 Å². The number of benzene rings is 1. The maximum atomic E-state index is 7.06. The number of pyridine rings is 1. The van der Waals surface area contributed by atoms with Crippen molar-refractivity contribution >= 4 is 11.4 Å². The molecule has 1 aliphatic rings. The number of hydrogen-bond donors (Lipinski definition) is 1. The van der Waals surface area contributed by atoms with Crippen LogP contribution in [0.5, 0.6) is 0 Å². The molecule has 1 saturated heterocycles. The lowest BCUT2D eigenvalue weighted by molar-refractivity contribution is 0.0950. The van der Waals surface area contributed by atoms with Crippen LogP contribution in [-0.2, 0) is 11.3 Å². The van der Waals surface area contributed by atoms with Crippen molar-refractivity contribution in [2.45, 2.75) is 45.6 Å². The third kappa shape index (κ3) is 5.72. The first-order valence-electron chi connectivity index (χ1n) is 11.2. The molecule has 0 bridgehead atoms. The second-order valence-electron chi connectivity index (χ2n) is 8.65. The Balaban J connectivity index is 1.72. The van der Waals surface area contributed by atoms with E-state index in [1.165, 1.54) is 0 Å². The summed E-state index contributed by atoms with van der Waals surface area (Å²) in [6.45, 7) is 16.6. The van der Waals surface area contributed by atoms with Gasteiger partial charge in [0.05, 0.1) is 12.3 Å². The van der Waals surface area contributed by atoms with Crippen LogP contribution < -0.4 is 4.90 Å². The van der Waals surface area contributed by atoms with Crippen molar-refractivity contribution in [1.82, 2.24) is 4.98 Å². The molecule has 0 amide bonds. The molecule has 2 aromatic rings. The molecule has 0 saturated carbocycles. The van der Waals surface area contributed by atoms with Crippen LogP contribution in [0, 0.1) is 10.9 Å². The maximum absolute atomic E-state index is 7.06. The van der Waals surface area contributed by atoms with Crippen LogP contribution in [0.3, 0.4) is 0 Å². The molecule has 1 aliphatic heterocycles. The minimum atomic E-state index is -0.165. The Bertz CT molecular complexity index is 951. The molecule has 3 rings (SSSR count). The van der Waals surface area contributed by atoms with E-state index < -0.39 is 0 Å². The van der Waals surface area contributed by atoms with Crippen molar-refractivity contribution in [3.05, 3.63) is 91.0 Å².